The number of aryl methyl sites for hydroxylation is 1. The van der Waals surface area contributed by atoms with Crippen LogP contribution in [0.1, 0.15) is 12.1 Å². The number of rotatable bonds is 6. The highest BCUT2D eigenvalue weighted by molar-refractivity contribution is 5.68. The van der Waals surface area contributed by atoms with Gasteiger partial charge in [-0.1, -0.05) is 36.4 Å². The van der Waals surface area contributed by atoms with E-state index in [1.165, 1.54) is 0 Å². The van der Waals surface area contributed by atoms with Crippen molar-refractivity contribution in [1.82, 2.24) is 9.97 Å². The molecule has 0 unspecified atom stereocenters. The molecule has 23 heavy (non-hydrogen) atoms. The van der Waals surface area contributed by atoms with Crippen LogP contribution in [0.15, 0.2) is 54.7 Å². The van der Waals surface area contributed by atoms with Crippen LogP contribution in [-0.2, 0) is 4.79 Å². The molecule has 1 heterocycles. The van der Waals surface area contributed by atoms with Crippen LogP contribution in [0.2, 0.25) is 0 Å². The van der Waals surface area contributed by atoms with Gasteiger partial charge in [0.1, 0.15) is 17.9 Å². The van der Waals surface area contributed by atoms with Crippen LogP contribution in [-0.4, -0.2) is 22.9 Å². The first kappa shape index (κ1) is 15.0. The van der Waals surface area contributed by atoms with Crippen LogP contribution in [0.25, 0.3) is 22.5 Å². The zero-order valence-corrected chi connectivity index (χ0v) is 13.0. The summed E-state index contributed by atoms with van der Waals surface area (Å²) in [6.07, 6.45) is 3.17. The molecule has 4 nitrogen and oxygen atoms in total. The van der Waals surface area contributed by atoms with Crippen LogP contribution >= 0.6 is 0 Å². The van der Waals surface area contributed by atoms with Crippen molar-refractivity contribution in [3.05, 3.63) is 60.4 Å². The Bertz CT molecular complexity index is 774. The minimum atomic E-state index is 0.412. The van der Waals surface area contributed by atoms with Gasteiger partial charge in [0, 0.05) is 18.2 Å². The van der Waals surface area contributed by atoms with Crippen molar-refractivity contribution in [3.8, 4) is 28.3 Å². The maximum absolute atomic E-state index is 10.3. The van der Waals surface area contributed by atoms with Crippen LogP contribution < -0.4 is 4.74 Å². The average molecular weight is 306 g/mol. The Hall–Kier alpha value is -2.88. The molecule has 0 fully saturated rings. The zero-order valence-electron chi connectivity index (χ0n) is 13.0. The lowest BCUT2D eigenvalue weighted by molar-refractivity contribution is -0.108. The van der Waals surface area contributed by atoms with Crippen molar-refractivity contribution >= 4 is 6.29 Å². The van der Waals surface area contributed by atoms with Gasteiger partial charge in [-0.25, -0.2) is 4.98 Å². The molecule has 0 bridgehead atoms. The Kier molecular flexibility index (Phi) is 4.52. The maximum atomic E-state index is 10.3. The van der Waals surface area contributed by atoms with Crippen molar-refractivity contribution in [2.45, 2.75) is 13.3 Å². The minimum Gasteiger partial charge on any atom is -0.493 e. The zero-order chi connectivity index (χ0) is 16.1. The first-order valence-electron chi connectivity index (χ1n) is 7.55. The number of nitrogens with one attached hydrogen (secondary N) is 1. The van der Waals surface area contributed by atoms with Gasteiger partial charge in [0.25, 0.3) is 0 Å². The fraction of sp³-hybridized carbons (Fsp3) is 0.158. The molecule has 0 amide bonds. The van der Waals surface area contributed by atoms with Gasteiger partial charge < -0.3 is 14.5 Å². The maximum Gasteiger partial charge on any atom is 0.137 e. The number of aromatic amines is 1. The van der Waals surface area contributed by atoms with Gasteiger partial charge in [0.2, 0.25) is 0 Å². The number of hydrogen-bond acceptors (Lipinski definition) is 3. The third-order valence-electron chi connectivity index (χ3n) is 3.56. The Morgan fingerprint density at radius 1 is 1.00 bits per heavy atom. The number of H-pyrrole nitrogens is 1. The van der Waals surface area contributed by atoms with Gasteiger partial charge in [-0.05, 0) is 30.2 Å². The summed E-state index contributed by atoms with van der Waals surface area (Å²) in [5.74, 6) is 1.66. The van der Waals surface area contributed by atoms with E-state index in [1.807, 2.05) is 37.4 Å². The van der Waals surface area contributed by atoms with Gasteiger partial charge in [0.05, 0.1) is 12.3 Å². The molecule has 0 aliphatic carbocycles. The van der Waals surface area contributed by atoms with Gasteiger partial charge >= 0.3 is 0 Å². The summed E-state index contributed by atoms with van der Waals surface area (Å²) in [6, 6.07) is 16.1. The molecule has 116 valence electrons. The van der Waals surface area contributed by atoms with Crippen molar-refractivity contribution in [1.29, 1.82) is 0 Å². The molecule has 2 aromatic carbocycles. The summed E-state index contributed by atoms with van der Waals surface area (Å²) in [5, 5.41) is 0. The van der Waals surface area contributed by atoms with E-state index in [0.717, 1.165) is 40.2 Å². The number of nitrogens with zero attached hydrogens (tertiary/aromatic N) is 1. The van der Waals surface area contributed by atoms with Gasteiger partial charge in [0.15, 0.2) is 0 Å². The van der Waals surface area contributed by atoms with E-state index < -0.39 is 0 Å². The number of imidazole rings is 1. The van der Waals surface area contributed by atoms with Crippen molar-refractivity contribution in [2.75, 3.05) is 6.61 Å². The molecule has 0 radical (unpaired) electrons. The Balaban J connectivity index is 1.73. The van der Waals surface area contributed by atoms with Crippen LogP contribution in [0.3, 0.4) is 0 Å². The number of aldehydes is 1. The van der Waals surface area contributed by atoms with Crippen molar-refractivity contribution in [2.24, 2.45) is 0 Å². The summed E-state index contributed by atoms with van der Waals surface area (Å²) in [7, 11) is 0. The Labute approximate surface area is 135 Å². The van der Waals surface area contributed by atoms with E-state index in [0.29, 0.717) is 13.0 Å². The molecular weight excluding hydrogens is 288 g/mol. The number of hydrogen-bond donors (Lipinski definition) is 1. The molecule has 0 saturated heterocycles. The molecule has 0 saturated carbocycles. The SMILES string of the molecule is Cc1c[nH]c(-c2ccc(-c3ccc(OCCC=O)cc3)cc2)n1. The second-order valence-corrected chi connectivity index (χ2v) is 5.30. The average Bonchev–Trinajstić information content (AvgIpc) is 3.02. The summed E-state index contributed by atoms with van der Waals surface area (Å²) in [4.78, 5) is 17.9. The first-order valence-corrected chi connectivity index (χ1v) is 7.55. The second kappa shape index (κ2) is 6.92. The monoisotopic (exact) mass is 306 g/mol. The molecule has 0 spiro atoms. The van der Waals surface area contributed by atoms with Gasteiger partial charge in [-0.2, -0.15) is 0 Å². The lowest BCUT2D eigenvalue weighted by Crippen LogP contribution is -1.97. The molecule has 0 atom stereocenters. The van der Waals surface area contributed by atoms with Crippen molar-refractivity contribution in [3.63, 3.8) is 0 Å². The fourth-order valence-electron chi connectivity index (χ4n) is 2.35. The fourth-order valence-corrected chi connectivity index (χ4v) is 2.35. The highest BCUT2D eigenvalue weighted by Crippen LogP contribution is 2.25. The topological polar surface area (TPSA) is 55.0 Å². The summed E-state index contributed by atoms with van der Waals surface area (Å²) in [6.45, 7) is 2.38. The van der Waals surface area contributed by atoms with E-state index >= 15 is 0 Å². The van der Waals surface area contributed by atoms with Crippen LogP contribution in [0, 0.1) is 6.92 Å². The summed E-state index contributed by atoms with van der Waals surface area (Å²) >= 11 is 0. The predicted molar refractivity (Wildman–Crippen MR) is 90.4 cm³/mol. The van der Waals surface area contributed by atoms with E-state index in [4.69, 9.17) is 4.74 Å². The van der Waals surface area contributed by atoms with Gasteiger partial charge in [-0.3, -0.25) is 0 Å². The van der Waals surface area contributed by atoms with Crippen LogP contribution in [0.5, 0.6) is 5.75 Å². The highest BCUT2D eigenvalue weighted by Gasteiger charge is 2.03. The molecule has 0 aliphatic heterocycles. The molecule has 1 aromatic heterocycles. The molecule has 3 aromatic rings. The molecule has 3 rings (SSSR count). The largest absolute Gasteiger partial charge is 0.493 e. The van der Waals surface area contributed by atoms with E-state index in [1.54, 1.807) is 0 Å². The molecule has 4 heteroatoms. The number of ether oxygens (including phenoxy) is 1. The highest BCUT2D eigenvalue weighted by atomic mass is 16.5. The number of benzene rings is 2. The lowest BCUT2D eigenvalue weighted by atomic mass is 10.0. The second-order valence-electron chi connectivity index (χ2n) is 5.30. The number of carbonyl (C=O) groups excluding carboxylic acids is 1. The third-order valence-corrected chi connectivity index (χ3v) is 3.56. The lowest BCUT2D eigenvalue weighted by Gasteiger charge is -2.06. The van der Waals surface area contributed by atoms with E-state index in [9.17, 15) is 4.79 Å². The standard InChI is InChI=1S/C19H18N2O2/c1-14-13-20-19(21-14)17-5-3-15(4-6-17)16-7-9-18(10-8-16)23-12-2-11-22/h3-11,13H,2,12H2,1H3,(H,20,21). The normalized spacial score (nSPS) is 10.5. The third kappa shape index (κ3) is 3.66. The summed E-state index contributed by atoms with van der Waals surface area (Å²) in [5.41, 5.74) is 4.30. The van der Waals surface area contributed by atoms with Gasteiger partial charge in [-0.15, -0.1) is 0 Å². The molecule has 0 aliphatic rings. The smallest absolute Gasteiger partial charge is 0.137 e. The van der Waals surface area contributed by atoms with E-state index in [-0.39, 0.29) is 0 Å². The Morgan fingerprint density at radius 2 is 1.61 bits per heavy atom. The predicted octanol–water partition coefficient (Wildman–Crippen LogP) is 4.02. The summed E-state index contributed by atoms with van der Waals surface area (Å²) < 4.78 is 5.47. The van der Waals surface area contributed by atoms with E-state index in [2.05, 4.69) is 34.2 Å². The quantitative estimate of drug-likeness (QED) is 0.553. The van der Waals surface area contributed by atoms with Crippen LogP contribution in [0.4, 0.5) is 0 Å². The van der Waals surface area contributed by atoms with Crippen molar-refractivity contribution < 1.29 is 9.53 Å². The molecule has 1 N–H and O–H groups in total. The minimum absolute atomic E-state index is 0.412. The first-order chi connectivity index (χ1) is 11.3. The molecular formula is C19H18N2O2. The number of aromatic nitrogens is 2. The number of carbonyl (C=O) groups is 1. The Morgan fingerprint density at radius 3 is 2.17 bits per heavy atom.